The van der Waals surface area contributed by atoms with E-state index in [9.17, 15) is 4.79 Å². The van der Waals surface area contributed by atoms with Gasteiger partial charge in [-0.05, 0) is 11.8 Å². The largest absolute Gasteiger partial charge is 0.347 e. The maximum Gasteiger partial charge on any atom is 0.230 e. The minimum Gasteiger partial charge on any atom is -0.347 e. The molecule has 0 radical (unpaired) electrons. The average Bonchev–Trinajstić information content (AvgIpc) is 2.27. The summed E-state index contributed by atoms with van der Waals surface area (Å²) >= 11 is 7.33. The summed E-state index contributed by atoms with van der Waals surface area (Å²) in [5.41, 5.74) is 1.04. The summed E-state index contributed by atoms with van der Waals surface area (Å²) in [5.74, 6) is 0.890. The molecule has 1 amide bonds. The van der Waals surface area contributed by atoms with Gasteiger partial charge in [0.15, 0.2) is 0 Å². The maximum atomic E-state index is 11.4. The highest BCUT2D eigenvalue weighted by Gasteiger charge is 2.12. The fraction of sp³-hybridized carbons (Fsp3) is 0.364. The van der Waals surface area contributed by atoms with E-state index in [1.165, 1.54) is 11.8 Å². The molecule has 0 spiro atoms. The molecule has 0 saturated heterocycles. The topological polar surface area (TPSA) is 29.1 Å². The van der Waals surface area contributed by atoms with Gasteiger partial charge in [0.2, 0.25) is 5.91 Å². The van der Waals surface area contributed by atoms with Crippen LogP contribution in [0.2, 0.25) is 0 Å². The van der Waals surface area contributed by atoms with E-state index in [0.717, 1.165) is 5.56 Å². The summed E-state index contributed by atoms with van der Waals surface area (Å²) in [5, 5.41) is 2.89. The van der Waals surface area contributed by atoms with Crippen molar-refractivity contribution < 1.29 is 4.79 Å². The number of carbonyl (C=O) groups excluding carboxylic acids is 1. The van der Waals surface area contributed by atoms with Crippen molar-refractivity contribution in [3.8, 4) is 0 Å². The highest BCUT2D eigenvalue weighted by molar-refractivity contribution is 7.99. The number of thioether (sulfide) groups is 1. The fourth-order valence-electron chi connectivity index (χ4n) is 1.26. The third-order valence-electron chi connectivity index (χ3n) is 1.97. The molecule has 1 aromatic carbocycles. The molecule has 1 rings (SSSR count). The van der Waals surface area contributed by atoms with Crippen molar-refractivity contribution in [3.63, 3.8) is 0 Å². The van der Waals surface area contributed by atoms with E-state index in [1.807, 2.05) is 36.6 Å². The molecule has 0 aliphatic rings. The minimum absolute atomic E-state index is 0.0250. The molecule has 82 valence electrons. The van der Waals surface area contributed by atoms with Crippen LogP contribution in [0, 0.1) is 0 Å². The molecule has 2 nitrogen and oxygen atoms in total. The Hall–Kier alpha value is -0.670. The molecule has 0 aromatic heterocycles. The van der Waals surface area contributed by atoms with Gasteiger partial charge in [-0.25, -0.2) is 0 Å². The Morgan fingerprint density at radius 1 is 1.47 bits per heavy atom. The van der Waals surface area contributed by atoms with E-state index in [0.29, 0.717) is 11.6 Å². The first-order valence-corrected chi connectivity index (χ1v) is 6.60. The number of carbonyl (C=O) groups is 1. The Morgan fingerprint density at radius 3 is 2.67 bits per heavy atom. The van der Waals surface area contributed by atoms with Crippen molar-refractivity contribution in [1.82, 2.24) is 5.32 Å². The van der Waals surface area contributed by atoms with Crippen LogP contribution in [0.15, 0.2) is 30.3 Å². The molecule has 1 atom stereocenters. The second-order valence-corrected chi connectivity index (χ2v) is 4.29. The molecule has 1 N–H and O–H groups in total. The summed E-state index contributed by atoms with van der Waals surface area (Å²) < 4.78 is 0. The number of hydrogen-bond acceptors (Lipinski definition) is 2. The monoisotopic (exact) mass is 243 g/mol. The number of nitrogens with one attached hydrogen (secondary N) is 1. The number of rotatable bonds is 5. The summed E-state index contributed by atoms with van der Waals surface area (Å²) in [6.45, 7) is 0. The van der Waals surface area contributed by atoms with Gasteiger partial charge in [-0.3, -0.25) is 4.79 Å². The van der Waals surface area contributed by atoms with E-state index in [2.05, 4.69) is 5.32 Å². The molecule has 0 aliphatic heterocycles. The van der Waals surface area contributed by atoms with Gasteiger partial charge in [0.1, 0.15) is 0 Å². The Morgan fingerprint density at radius 2 is 2.13 bits per heavy atom. The van der Waals surface area contributed by atoms with E-state index in [4.69, 9.17) is 11.6 Å². The zero-order valence-electron chi connectivity index (χ0n) is 8.57. The first-order valence-electron chi connectivity index (χ1n) is 4.67. The van der Waals surface area contributed by atoms with Crippen LogP contribution >= 0.6 is 23.4 Å². The smallest absolute Gasteiger partial charge is 0.230 e. The molecule has 4 heteroatoms. The van der Waals surface area contributed by atoms with Gasteiger partial charge in [0.05, 0.1) is 11.8 Å². The van der Waals surface area contributed by atoms with E-state index < -0.39 is 0 Å². The van der Waals surface area contributed by atoms with Crippen LogP contribution in [-0.2, 0) is 4.79 Å². The lowest BCUT2D eigenvalue weighted by atomic mass is 10.1. The van der Waals surface area contributed by atoms with Gasteiger partial charge in [-0.1, -0.05) is 30.3 Å². The first-order chi connectivity index (χ1) is 7.27. The van der Waals surface area contributed by atoms with Crippen LogP contribution in [0.5, 0.6) is 0 Å². The molecule has 0 aliphatic carbocycles. The second kappa shape index (κ2) is 6.75. The molecular formula is C11H14ClNOS. The number of benzene rings is 1. The average molecular weight is 244 g/mol. The summed E-state index contributed by atoms with van der Waals surface area (Å²) in [6.07, 6.45) is 1.90. The standard InChI is InChI=1S/C11H14ClNOS/c1-15-8-11(14)13-10(7-12)9-5-3-2-4-6-9/h2-6,10H,7-8H2,1H3,(H,13,14). The molecule has 1 aromatic rings. The molecule has 0 fully saturated rings. The highest BCUT2D eigenvalue weighted by atomic mass is 35.5. The molecule has 1 unspecified atom stereocenters. The minimum atomic E-state index is -0.0903. The van der Waals surface area contributed by atoms with Gasteiger partial charge in [-0.2, -0.15) is 11.8 Å². The van der Waals surface area contributed by atoms with Crippen molar-refractivity contribution in [2.45, 2.75) is 6.04 Å². The molecule has 0 bridgehead atoms. The number of hydrogen-bond donors (Lipinski definition) is 1. The van der Waals surface area contributed by atoms with Gasteiger partial charge in [0.25, 0.3) is 0 Å². The maximum absolute atomic E-state index is 11.4. The number of alkyl halides is 1. The van der Waals surface area contributed by atoms with Crippen LogP contribution in [0.25, 0.3) is 0 Å². The zero-order valence-corrected chi connectivity index (χ0v) is 10.1. The van der Waals surface area contributed by atoms with Crippen LogP contribution in [0.3, 0.4) is 0 Å². The Bertz CT molecular complexity index is 305. The molecular weight excluding hydrogens is 230 g/mol. The lowest BCUT2D eigenvalue weighted by Crippen LogP contribution is -2.30. The number of amides is 1. The van der Waals surface area contributed by atoms with Crippen molar-refractivity contribution in [2.24, 2.45) is 0 Å². The van der Waals surface area contributed by atoms with Crippen LogP contribution in [0.4, 0.5) is 0 Å². The van der Waals surface area contributed by atoms with E-state index in [-0.39, 0.29) is 11.9 Å². The molecule has 15 heavy (non-hydrogen) atoms. The Kier molecular flexibility index (Phi) is 5.58. The van der Waals surface area contributed by atoms with Crippen LogP contribution in [0.1, 0.15) is 11.6 Å². The van der Waals surface area contributed by atoms with Gasteiger partial charge < -0.3 is 5.32 Å². The summed E-state index contributed by atoms with van der Waals surface area (Å²) in [6, 6.07) is 9.66. The molecule has 0 saturated carbocycles. The van der Waals surface area contributed by atoms with Crippen molar-refractivity contribution in [3.05, 3.63) is 35.9 Å². The third-order valence-corrected chi connectivity index (χ3v) is 2.83. The lowest BCUT2D eigenvalue weighted by molar-refractivity contribution is -0.119. The summed E-state index contributed by atoms with van der Waals surface area (Å²) in [4.78, 5) is 11.4. The van der Waals surface area contributed by atoms with Crippen molar-refractivity contribution in [2.75, 3.05) is 17.9 Å². The first kappa shape index (κ1) is 12.4. The number of halogens is 1. The predicted molar refractivity (Wildman–Crippen MR) is 66.4 cm³/mol. The SMILES string of the molecule is CSCC(=O)NC(CCl)c1ccccc1. The summed E-state index contributed by atoms with van der Waals surface area (Å²) in [7, 11) is 0. The quantitative estimate of drug-likeness (QED) is 0.805. The van der Waals surface area contributed by atoms with E-state index in [1.54, 1.807) is 0 Å². The van der Waals surface area contributed by atoms with Gasteiger partial charge in [0, 0.05) is 5.88 Å². The lowest BCUT2D eigenvalue weighted by Gasteiger charge is -2.15. The molecule has 0 heterocycles. The van der Waals surface area contributed by atoms with Crippen molar-refractivity contribution >= 4 is 29.3 Å². The highest BCUT2D eigenvalue weighted by Crippen LogP contribution is 2.13. The Labute approximate surface area is 99.4 Å². The Balaban J connectivity index is 2.61. The zero-order chi connectivity index (χ0) is 11.1. The third kappa shape index (κ3) is 4.14. The van der Waals surface area contributed by atoms with Gasteiger partial charge >= 0.3 is 0 Å². The van der Waals surface area contributed by atoms with Crippen molar-refractivity contribution in [1.29, 1.82) is 0 Å². The fourth-order valence-corrected chi connectivity index (χ4v) is 1.86. The van der Waals surface area contributed by atoms with Gasteiger partial charge in [-0.15, -0.1) is 11.6 Å². The normalized spacial score (nSPS) is 12.1. The van der Waals surface area contributed by atoms with Crippen LogP contribution in [-0.4, -0.2) is 23.8 Å². The second-order valence-electron chi connectivity index (χ2n) is 3.12. The predicted octanol–water partition coefficient (Wildman–Crippen LogP) is 2.45. The van der Waals surface area contributed by atoms with E-state index >= 15 is 0 Å². The van der Waals surface area contributed by atoms with Crippen LogP contribution < -0.4 is 5.32 Å².